The normalized spacial score (nSPS) is 29.7. The molecule has 2 aliphatic carbocycles. The van der Waals surface area contributed by atoms with Crippen molar-refractivity contribution < 1.29 is 31.5 Å². The first-order valence-corrected chi connectivity index (χ1v) is 12.0. The number of hydrogen-bond donors (Lipinski definition) is 2. The van der Waals surface area contributed by atoms with Gasteiger partial charge in [0.15, 0.2) is 27.3 Å². The third-order valence-corrected chi connectivity index (χ3v) is 9.26. The molecule has 5 atom stereocenters. The van der Waals surface area contributed by atoms with Gasteiger partial charge < -0.3 is 10.4 Å². The van der Waals surface area contributed by atoms with E-state index >= 15 is 0 Å². The molecule has 32 heavy (non-hydrogen) atoms. The molecule has 2 aromatic carbocycles. The summed E-state index contributed by atoms with van der Waals surface area (Å²) in [6.07, 6.45) is 1.47. The van der Waals surface area contributed by atoms with E-state index in [0.717, 1.165) is 6.42 Å². The number of aliphatic hydroxyl groups is 1. The first-order chi connectivity index (χ1) is 14.9. The second-order valence-electron chi connectivity index (χ2n) is 9.12. The third-order valence-electron chi connectivity index (χ3n) is 7.09. The van der Waals surface area contributed by atoms with Crippen LogP contribution in [0, 0.1) is 35.2 Å². The number of nitrogens with one attached hydrogen (secondary N) is 1. The van der Waals surface area contributed by atoms with Gasteiger partial charge in [0.1, 0.15) is 0 Å². The lowest BCUT2D eigenvalue weighted by atomic mass is 9.74. The highest BCUT2D eigenvalue weighted by molar-refractivity contribution is 7.92. The van der Waals surface area contributed by atoms with E-state index in [0.29, 0.717) is 25.0 Å². The first-order valence-electron chi connectivity index (χ1n) is 10.4. The van der Waals surface area contributed by atoms with Gasteiger partial charge in [0.25, 0.3) is 5.91 Å². The molecule has 9 heteroatoms. The number of carbonyl (C=O) groups is 1. The summed E-state index contributed by atoms with van der Waals surface area (Å²) in [6, 6.07) is 6.70. The molecule has 2 fully saturated rings. The second-order valence-corrected chi connectivity index (χ2v) is 11.3. The van der Waals surface area contributed by atoms with Crippen LogP contribution in [0.3, 0.4) is 0 Å². The largest absolute Gasteiger partial charge is 0.390 e. The summed E-state index contributed by atoms with van der Waals surface area (Å²) >= 11 is 0. The van der Waals surface area contributed by atoms with Crippen LogP contribution in [0.25, 0.3) is 0 Å². The number of carbonyl (C=O) groups excluding carboxylic acids is 1. The summed E-state index contributed by atoms with van der Waals surface area (Å²) in [4.78, 5) is 12.5. The highest BCUT2D eigenvalue weighted by Gasteiger charge is 2.55. The van der Waals surface area contributed by atoms with Crippen molar-refractivity contribution in [1.29, 1.82) is 0 Å². The van der Waals surface area contributed by atoms with Crippen LogP contribution < -0.4 is 5.32 Å². The molecule has 0 aromatic heterocycles. The van der Waals surface area contributed by atoms with E-state index in [2.05, 4.69) is 5.32 Å². The average molecular weight is 468 g/mol. The summed E-state index contributed by atoms with van der Waals surface area (Å²) in [6.45, 7) is 3.81. The zero-order chi connectivity index (χ0) is 23.4. The van der Waals surface area contributed by atoms with E-state index in [4.69, 9.17) is 0 Å². The minimum atomic E-state index is -3.77. The van der Waals surface area contributed by atoms with Crippen LogP contribution in [0.5, 0.6) is 0 Å². The van der Waals surface area contributed by atoms with Gasteiger partial charge in [-0.1, -0.05) is 13.0 Å². The van der Waals surface area contributed by atoms with Crippen molar-refractivity contribution in [2.45, 2.75) is 48.9 Å². The van der Waals surface area contributed by atoms with Gasteiger partial charge in [-0.2, -0.15) is 0 Å². The van der Waals surface area contributed by atoms with Crippen molar-refractivity contribution in [3.05, 3.63) is 59.4 Å². The number of fused-ring (bicyclic) bond motifs is 2. The van der Waals surface area contributed by atoms with Gasteiger partial charge in [-0.3, -0.25) is 4.79 Å². The van der Waals surface area contributed by atoms with Gasteiger partial charge in [-0.15, -0.1) is 0 Å². The van der Waals surface area contributed by atoms with E-state index in [1.54, 1.807) is 6.92 Å². The van der Waals surface area contributed by atoms with Crippen molar-refractivity contribution in [2.24, 2.45) is 17.8 Å². The second kappa shape index (κ2) is 7.88. The highest BCUT2D eigenvalue weighted by Crippen LogP contribution is 2.54. The van der Waals surface area contributed by atoms with Crippen LogP contribution in [0.15, 0.2) is 41.3 Å². The molecule has 172 valence electrons. The van der Waals surface area contributed by atoms with Crippen molar-refractivity contribution >= 4 is 21.4 Å². The minimum Gasteiger partial charge on any atom is -0.390 e. The summed E-state index contributed by atoms with van der Waals surface area (Å²) in [5.41, 5.74) is -1.19. The van der Waals surface area contributed by atoms with Crippen molar-refractivity contribution in [2.75, 3.05) is 5.32 Å². The number of sulfone groups is 1. The topological polar surface area (TPSA) is 83.5 Å². The van der Waals surface area contributed by atoms with Gasteiger partial charge in [0.2, 0.25) is 0 Å². The van der Waals surface area contributed by atoms with Crippen LogP contribution in [-0.4, -0.2) is 30.3 Å². The highest BCUT2D eigenvalue weighted by atomic mass is 32.2. The Kier molecular flexibility index (Phi) is 5.61. The Bertz CT molecular complexity index is 1160. The Labute approximate surface area is 184 Å². The number of rotatable bonds is 4. The molecule has 2 aliphatic rings. The molecule has 0 saturated heterocycles. The maximum Gasteiger partial charge on any atom is 0.255 e. The Morgan fingerprint density at radius 3 is 2.38 bits per heavy atom. The molecule has 4 rings (SSSR count). The van der Waals surface area contributed by atoms with Crippen LogP contribution in [0.4, 0.5) is 18.9 Å². The third kappa shape index (κ3) is 3.81. The minimum absolute atomic E-state index is 0.0182. The molecule has 2 aromatic rings. The zero-order valence-corrected chi connectivity index (χ0v) is 18.4. The SMILES string of the molecule is C[C@H]1CC2C[C@@H](S(=O)(=O)c3cccc(C(=O)Nc4cc(F)c(F)c(F)c4)c3)CC1[C@]2(C)O. The molecule has 2 bridgehead atoms. The van der Waals surface area contributed by atoms with Crippen LogP contribution in [-0.2, 0) is 9.84 Å². The molecule has 0 heterocycles. The fourth-order valence-electron chi connectivity index (χ4n) is 5.32. The van der Waals surface area contributed by atoms with Crippen LogP contribution >= 0.6 is 0 Å². The van der Waals surface area contributed by atoms with Crippen molar-refractivity contribution in [3.63, 3.8) is 0 Å². The predicted molar refractivity (Wildman–Crippen MR) is 112 cm³/mol. The molecule has 5 nitrogen and oxygen atoms in total. The Morgan fingerprint density at radius 2 is 1.75 bits per heavy atom. The lowest BCUT2D eigenvalue weighted by Gasteiger charge is -2.40. The number of anilines is 1. The monoisotopic (exact) mass is 467 g/mol. The molecule has 0 aliphatic heterocycles. The fourth-order valence-corrected chi connectivity index (χ4v) is 7.21. The van der Waals surface area contributed by atoms with Gasteiger partial charge in [0.05, 0.1) is 15.7 Å². The van der Waals surface area contributed by atoms with E-state index in [9.17, 15) is 31.5 Å². The number of hydrogen-bond acceptors (Lipinski definition) is 4. The zero-order valence-electron chi connectivity index (χ0n) is 17.6. The van der Waals surface area contributed by atoms with Gasteiger partial charge in [0, 0.05) is 23.4 Å². The predicted octanol–water partition coefficient (Wildman–Crippen LogP) is 4.32. The quantitative estimate of drug-likeness (QED) is 0.657. The molecule has 2 saturated carbocycles. The van der Waals surface area contributed by atoms with E-state index < -0.39 is 44.0 Å². The maximum atomic E-state index is 13.4. The van der Waals surface area contributed by atoms with E-state index in [1.165, 1.54) is 24.3 Å². The lowest BCUT2D eigenvalue weighted by molar-refractivity contribution is -0.0466. The molecule has 2 N–H and O–H groups in total. The van der Waals surface area contributed by atoms with Crippen LogP contribution in [0.1, 0.15) is 43.5 Å². The molecule has 1 amide bonds. The van der Waals surface area contributed by atoms with Crippen molar-refractivity contribution in [3.8, 4) is 0 Å². The number of halogens is 3. The standard InChI is InChI=1S/C23H24F3NO4S/c1-12-6-14-8-17(11-18(12)23(14,2)29)32(30,31)16-5-3-4-13(7-16)22(28)27-15-9-19(24)21(26)20(25)10-15/h3-5,7,9-10,12,14,17-18,29H,6,8,11H2,1-2H3,(H,27,28)/t12-,14?,17+,18?,23+/m0/s1. The maximum absolute atomic E-state index is 13.4. The van der Waals surface area contributed by atoms with Gasteiger partial charge in [-0.25, -0.2) is 21.6 Å². The molecule has 0 spiro atoms. The van der Waals surface area contributed by atoms with E-state index in [-0.39, 0.29) is 33.9 Å². The Hall–Kier alpha value is -2.39. The molecular weight excluding hydrogens is 443 g/mol. The number of benzene rings is 2. The Morgan fingerprint density at radius 1 is 1.09 bits per heavy atom. The van der Waals surface area contributed by atoms with Gasteiger partial charge >= 0.3 is 0 Å². The molecule has 2 unspecified atom stereocenters. The molecular formula is C23H24F3NO4S. The summed E-state index contributed by atoms with van der Waals surface area (Å²) in [5, 5.41) is 12.4. The Balaban J connectivity index is 1.57. The van der Waals surface area contributed by atoms with Crippen LogP contribution in [0.2, 0.25) is 0 Å². The van der Waals surface area contributed by atoms with Gasteiger partial charge in [-0.05, 0) is 62.1 Å². The fraction of sp³-hybridized carbons (Fsp3) is 0.435. The lowest BCUT2D eigenvalue weighted by Crippen LogP contribution is -2.46. The first kappa shape index (κ1) is 22.8. The average Bonchev–Trinajstić information content (AvgIpc) is 2.85. The molecule has 0 radical (unpaired) electrons. The number of amides is 1. The summed E-state index contributed by atoms with van der Waals surface area (Å²) in [7, 11) is -3.77. The summed E-state index contributed by atoms with van der Waals surface area (Å²) < 4.78 is 66.6. The smallest absolute Gasteiger partial charge is 0.255 e. The van der Waals surface area contributed by atoms with Crippen molar-refractivity contribution in [1.82, 2.24) is 0 Å². The summed E-state index contributed by atoms with van der Waals surface area (Å²) in [5.74, 6) is -5.33. The van der Waals surface area contributed by atoms with E-state index in [1.807, 2.05) is 6.92 Å².